The molecule has 22 heavy (non-hydrogen) atoms. The summed E-state index contributed by atoms with van der Waals surface area (Å²) >= 11 is 1.76. The van der Waals surface area contributed by atoms with Crippen LogP contribution in [0.15, 0.2) is 42.0 Å². The van der Waals surface area contributed by atoms with Crippen molar-refractivity contribution in [3.05, 3.63) is 52.5 Å². The zero-order valence-electron chi connectivity index (χ0n) is 13.3. The first-order valence-corrected chi connectivity index (χ1v) is 8.39. The number of pyridine rings is 1. The van der Waals surface area contributed by atoms with E-state index in [1.165, 1.54) is 4.88 Å². The average Bonchev–Trinajstić information content (AvgIpc) is 3.05. The van der Waals surface area contributed by atoms with Crippen molar-refractivity contribution in [1.82, 2.24) is 15.2 Å². The Labute approximate surface area is 136 Å². The number of carbonyl (C=O) groups is 1. The van der Waals surface area contributed by atoms with Gasteiger partial charge in [-0.25, -0.2) is 4.79 Å². The Balaban J connectivity index is 1.81. The molecule has 4 nitrogen and oxygen atoms in total. The highest BCUT2D eigenvalue weighted by atomic mass is 32.1. The largest absolute Gasteiger partial charge is 0.338 e. The van der Waals surface area contributed by atoms with Crippen LogP contribution in [0.1, 0.15) is 30.3 Å². The van der Waals surface area contributed by atoms with Gasteiger partial charge in [-0.05, 0) is 48.4 Å². The SMILES string of the molecule is C[C@H](CNC(=O)N(C)[C@H](C)c1ccncc1)Cc1cccs1. The van der Waals surface area contributed by atoms with Crippen LogP contribution in [-0.2, 0) is 6.42 Å². The lowest BCUT2D eigenvalue weighted by molar-refractivity contribution is 0.193. The van der Waals surface area contributed by atoms with E-state index in [1.807, 2.05) is 26.1 Å². The Morgan fingerprint density at radius 1 is 1.32 bits per heavy atom. The first kappa shape index (κ1) is 16.5. The van der Waals surface area contributed by atoms with Gasteiger partial charge in [0, 0.05) is 30.9 Å². The highest BCUT2D eigenvalue weighted by Gasteiger charge is 2.17. The summed E-state index contributed by atoms with van der Waals surface area (Å²) < 4.78 is 0. The molecule has 5 heteroatoms. The van der Waals surface area contributed by atoms with Crippen LogP contribution in [0.5, 0.6) is 0 Å². The summed E-state index contributed by atoms with van der Waals surface area (Å²) in [5.74, 6) is 0.423. The highest BCUT2D eigenvalue weighted by Crippen LogP contribution is 2.18. The van der Waals surface area contributed by atoms with Crippen molar-refractivity contribution in [2.24, 2.45) is 5.92 Å². The molecule has 0 unspecified atom stereocenters. The second-order valence-corrected chi connectivity index (χ2v) is 6.67. The smallest absolute Gasteiger partial charge is 0.317 e. The molecule has 2 rings (SSSR count). The lowest BCUT2D eigenvalue weighted by atomic mass is 10.1. The number of urea groups is 1. The van der Waals surface area contributed by atoms with Gasteiger partial charge in [0.2, 0.25) is 0 Å². The van der Waals surface area contributed by atoms with Crippen molar-refractivity contribution < 1.29 is 4.79 Å². The quantitative estimate of drug-likeness (QED) is 0.882. The number of hydrogen-bond acceptors (Lipinski definition) is 3. The molecule has 0 saturated carbocycles. The van der Waals surface area contributed by atoms with Crippen LogP contribution < -0.4 is 5.32 Å². The molecule has 1 N–H and O–H groups in total. The Morgan fingerprint density at radius 2 is 2.05 bits per heavy atom. The summed E-state index contributed by atoms with van der Waals surface area (Å²) in [5.41, 5.74) is 1.08. The second-order valence-electron chi connectivity index (χ2n) is 5.64. The molecular formula is C17H23N3OS. The van der Waals surface area contributed by atoms with E-state index in [2.05, 4.69) is 34.7 Å². The van der Waals surface area contributed by atoms with E-state index < -0.39 is 0 Å². The summed E-state index contributed by atoms with van der Waals surface area (Å²) in [4.78, 5) is 19.4. The Morgan fingerprint density at radius 3 is 2.68 bits per heavy atom. The Bertz CT molecular complexity index is 571. The van der Waals surface area contributed by atoms with Gasteiger partial charge in [0.05, 0.1) is 6.04 Å². The molecule has 2 aromatic heterocycles. The van der Waals surface area contributed by atoms with Gasteiger partial charge in [-0.3, -0.25) is 4.98 Å². The molecule has 0 aliphatic heterocycles. The third kappa shape index (κ3) is 4.56. The number of nitrogens with zero attached hydrogens (tertiary/aromatic N) is 2. The van der Waals surface area contributed by atoms with Crippen molar-refractivity contribution in [3.63, 3.8) is 0 Å². The molecule has 2 atom stereocenters. The van der Waals surface area contributed by atoms with E-state index in [9.17, 15) is 4.79 Å². The minimum absolute atomic E-state index is 0.0237. The number of aromatic nitrogens is 1. The van der Waals surface area contributed by atoms with E-state index in [1.54, 1.807) is 28.6 Å². The molecule has 0 fully saturated rings. The standard InChI is InChI=1S/C17H23N3OS/c1-13(11-16-5-4-10-22-16)12-19-17(21)20(3)14(2)15-6-8-18-9-7-15/h4-10,13-14H,11-12H2,1-3H3,(H,19,21)/t13-,14+/m0/s1. The van der Waals surface area contributed by atoms with Crippen LogP contribution >= 0.6 is 11.3 Å². The van der Waals surface area contributed by atoms with Gasteiger partial charge in [-0.1, -0.05) is 13.0 Å². The van der Waals surface area contributed by atoms with Crippen LogP contribution in [0.3, 0.4) is 0 Å². The molecule has 2 aromatic rings. The summed E-state index contributed by atoms with van der Waals surface area (Å²) in [6.07, 6.45) is 4.50. The lowest BCUT2D eigenvalue weighted by Crippen LogP contribution is -2.40. The summed E-state index contributed by atoms with van der Waals surface area (Å²) in [7, 11) is 1.82. The molecule has 2 heterocycles. The molecule has 0 aliphatic carbocycles. The molecule has 0 bridgehead atoms. The van der Waals surface area contributed by atoms with E-state index in [4.69, 9.17) is 0 Å². The maximum absolute atomic E-state index is 12.3. The first-order chi connectivity index (χ1) is 10.6. The van der Waals surface area contributed by atoms with E-state index >= 15 is 0 Å². The van der Waals surface area contributed by atoms with Gasteiger partial charge in [0.15, 0.2) is 0 Å². The van der Waals surface area contributed by atoms with Gasteiger partial charge in [0.1, 0.15) is 0 Å². The number of carbonyl (C=O) groups excluding carboxylic acids is 1. The average molecular weight is 317 g/mol. The molecule has 0 aliphatic rings. The maximum Gasteiger partial charge on any atom is 0.317 e. The monoisotopic (exact) mass is 317 g/mol. The van der Waals surface area contributed by atoms with Gasteiger partial charge in [0.25, 0.3) is 0 Å². The normalized spacial score (nSPS) is 13.4. The molecule has 0 radical (unpaired) electrons. The third-order valence-corrected chi connectivity index (χ3v) is 4.72. The summed E-state index contributed by atoms with van der Waals surface area (Å²) in [5, 5.41) is 5.11. The lowest BCUT2D eigenvalue weighted by Gasteiger charge is -2.26. The first-order valence-electron chi connectivity index (χ1n) is 7.51. The van der Waals surface area contributed by atoms with Crippen molar-refractivity contribution in [3.8, 4) is 0 Å². The van der Waals surface area contributed by atoms with Crippen molar-refractivity contribution in [2.75, 3.05) is 13.6 Å². The second kappa shape index (κ2) is 7.94. The van der Waals surface area contributed by atoms with Crippen molar-refractivity contribution >= 4 is 17.4 Å². The fourth-order valence-electron chi connectivity index (χ4n) is 2.27. The van der Waals surface area contributed by atoms with Gasteiger partial charge in [-0.2, -0.15) is 0 Å². The minimum Gasteiger partial charge on any atom is -0.338 e. The Kier molecular flexibility index (Phi) is 5.95. The summed E-state index contributed by atoms with van der Waals surface area (Å²) in [6.45, 7) is 4.86. The maximum atomic E-state index is 12.3. The molecule has 0 aromatic carbocycles. The van der Waals surface area contributed by atoms with E-state index in [0.717, 1.165) is 12.0 Å². The topological polar surface area (TPSA) is 45.2 Å². The molecular weight excluding hydrogens is 294 g/mol. The highest BCUT2D eigenvalue weighted by molar-refractivity contribution is 7.09. The zero-order valence-corrected chi connectivity index (χ0v) is 14.1. The zero-order chi connectivity index (χ0) is 15.9. The van der Waals surface area contributed by atoms with Crippen LogP contribution in [0.4, 0.5) is 4.79 Å². The van der Waals surface area contributed by atoms with E-state index in [-0.39, 0.29) is 12.1 Å². The fraction of sp³-hybridized carbons (Fsp3) is 0.412. The van der Waals surface area contributed by atoms with Crippen molar-refractivity contribution in [2.45, 2.75) is 26.3 Å². The number of nitrogens with one attached hydrogen (secondary N) is 1. The predicted octanol–water partition coefficient (Wildman–Crippen LogP) is 3.72. The van der Waals surface area contributed by atoms with Crippen LogP contribution in [0, 0.1) is 5.92 Å². The third-order valence-electron chi connectivity index (χ3n) is 3.82. The molecule has 0 spiro atoms. The van der Waals surface area contributed by atoms with Crippen LogP contribution in [-0.4, -0.2) is 29.5 Å². The number of amides is 2. The van der Waals surface area contributed by atoms with Crippen LogP contribution in [0.2, 0.25) is 0 Å². The number of hydrogen-bond donors (Lipinski definition) is 1. The number of thiophene rings is 1. The Hall–Kier alpha value is -1.88. The van der Waals surface area contributed by atoms with Crippen molar-refractivity contribution in [1.29, 1.82) is 0 Å². The van der Waals surface area contributed by atoms with Gasteiger partial charge >= 0.3 is 6.03 Å². The molecule has 2 amide bonds. The van der Waals surface area contributed by atoms with E-state index in [0.29, 0.717) is 12.5 Å². The number of rotatable bonds is 6. The fourth-order valence-corrected chi connectivity index (χ4v) is 3.14. The summed E-state index contributed by atoms with van der Waals surface area (Å²) in [6, 6.07) is 8.07. The molecule has 0 saturated heterocycles. The van der Waals surface area contributed by atoms with Gasteiger partial charge < -0.3 is 10.2 Å². The van der Waals surface area contributed by atoms with Crippen LogP contribution in [0.25, 0.3) is 0 Å². The van der Waals surface area contributed by atoms with Gasteiger partial charge in [-0.15, -0.1) is 11.3 Å². The minimum atomic E-state index is -0.0395. The predicted molar refractivity (Wildman–Crippen MR) is 91.0 cm³/mol. The molecule has 118 valence electrons.